The van der Waals surface area contributed by atoms with Crippen LogP contribution in [0.1, 0.15) is 24.5 Å². The maximum Gasteiger partial charge on any atom is 0.249 e. The van der Waals surface area contributed by atoms with Gasteiger partial charge in [-0.05, 0) is 76.9 Å². The molecule has 2 amide bonds. The Bertz CT molecular complexity index is 1270. The third-order valence-electron chi connectivity index (χ3n) is 4.57. The Kier molecular flexibility index (Phi) is 10.4. The molecule has 0 aliphatic heterocycles. The second kappa shape index (κ2) is 13.5. The van der Waals surface area contributed by atoms with E-state index in [0.29, 0.717) is 48.9 Å². The van der Waals surface area contributed by atoms with Crippen molar-refractivity contribution in [2.75, 3.05) is 11.9 Å². The number of carbonyl (C=O) groups is 2. The molecule has 0 bridgehead atoms. The number of amides is 2. The zero-order valence-corrected chi connectivity index (χ0v) is 22.8. The van der Waals surface area contributed by atoms with E-state index in [0.717, 1.165) is 5.56 Å². The summed E-state index contributed by atoms with van der Waals surface area (Å²) in [5, 5.41) is 8.12. The van der Waals surface area contributed by atoms with Crippen LogP contribution in [0.2, 0.25) is 15.1 Å². The molecule has 0 saturated heterocycles. The smallest absolute Gasteiger partial charge is 0.249 e. The van der Waals surface area contributed by atoms with Gasteiger partial charge in [0.2, 0.25) is 11.8 Å². The molecule has 11 heteroatoms. The number of carbonyl (C=O) groups excluding carboxylic acids is 2. The van der Waals surface area contributed by atoms with Crippen molar-refractivity contribution in [1.82, 2.24) is 5.43 Å². The molecule has 0 unspecified atom stereocenters. The van der Waals surface area contributed by atoms with Crippen LogP contribution in [0.25, 0.3) is 0 Å². The summed E-state index contributed by atoms with van der Waals surface area (Å²) in [6, 6.07) is 15.2. The summed E-state index contributed by atoms with van der Waals surface area (Å²) in [7, 11) is 0. The predicted molar refractivity (Wildman–Crippen MR) is 147 cm³/mol. The van der Waals surface area contributed by atoms with E-state index in [1.165, 1.54) is 6.21 Å². The Morgan fingerprint density at radius 2 is 1.69 bits per heavy atom. The lowest BCUT2D eigenvalue weighted by atomic mass is 10.2. The Morgan fingerprint density at radius 1 is 0.972 bits per heavy atom. The summed E-state index contributed by atoms with van der Waals surface area (Å²) in [5.74, 6) is -0.0784. The van der Waals surface area contributed by atoms with Crippen LogP contribution in [0.3, 0.4) is 0 Å². The van der Waals surface area contributed by atoms with E-state index in [-0.39, 0.29) is 6.61 Å². The number of halogens is 4. The highest BCUT2D eigenvalue weighted by Crippen LogP contribution is 2.37. The molecule has 3 aromatic rings. The Morgan fingerprint density at radius 3 is 2.39 bits per heavy atom. The molecule has 0 saturated carbocycles. The van der Waals surface area contributed by atoms with Gasteiger partial charge in [0.05, 0.1) is 17.3 Å². The van der Waals surface area contributed by atoms with Gasteiger partial charge in [-0.3, -0.25) is 9.59 Å². The number of anilines is 1. The molecule has 3 aromatic carbocycles. The first-order valence-electron chi connectivity index (χ1n) is 10.7. The van der Waals surface area contributed by atoms with Crippen molar-refractivity contribution in [2.45, 2.75) is 20.0 Å². The van der Waals surface area contributed by atoms with E-state index >= 15 is 0 Å². The van der Waals surface area contributed by atoms with Crippen molar-refractivity contribution in [2.24, 2.45) is 5.10 Å². The molecule has 0 fully saturated rings. The fraction of sp³-hybridized carbons (Fsp3) is 0.160. The van der Waals surface area contributed by atoms with Crippen molar-refractivity contribution in [1.29, 1.82) is 0 Å². The minimum absolute atomic E-state index is 0.205. The first-order valence-corrected chi connectivity index (χ1v) is 12.6. The van der Waals surface area contributed by atoms with Gasteiger partial charge in [-0.15, -0.1) is 0 Å². The molecular weight excluding hydrogens is 593 g/mol. The molecule has 0 radical (unpaired) electrons. The number of hydrogen-bond acceptors (Lipinski definition) is 5. The zero-order chi connectivity index (χ0) is 26.1. The largest absolute Gasteiger partial charge is 0.490 e. The number of ether oxygens (including phenoxy) is 2. The summed E-state index contributed by atoms with van der Waals surface area (Å²) >= 11 is 21.5. The van der Waals surface area contributed by atoms with Crippen LogP contribution < -0.4 is 20.2 Å². The predicted octanol–water partition coefficient (Wildman–Crippen LogP) is 6.87. The van der Waals surface area contributed by atoms with E-state index in [9.17, 15) is 9.59 Å². The molecule has 0 aliphatic rings. The molecule has 0 spiro atoms. The van der Waals surface area contributed by atoms with Crippen LogP contribution in [0.15, 0.2) is 64.2 Å². The minimum Gasteiger partial charge on any atom is -0.490 e. The average molecular weight is 614 g/mol. The Balaban J connectivity index is 1.60. The quantitative estimate of drug-likeness (QED) is 0.149. The summed E-state index contributed by atoms with van der Waals surface area (Å²) in [6.07, 6.45) is 1.04. The number of nitrogens with zero attached hydrogens (tertiary/aromatic N) is 1. The first kappa shape index (κ1) is 27.8. The monoisotopic (exact) mass is 611 g/mol. The molecule has 0 aromatic heterocycles. The zero-order valence-electron chi connectivity index (χ0n) is 19.0. The molecule has 0 heterocycles. The van der Waals surface area contributed by atoms with Crippen molar-refractivity contribution in [3.8, 4) is 11.5 Å². The van der Waals surface area contributed by atoms with Gasteiger partial charge in [-0.2, -0.15) is 5.10 Å². The van der Waals surface area contributed by atoms with Crippen molar-refractivity contribution in [3.63, 3.8) is 0 Å². The first-order chi connectivity index (χ1) is 17.2. The van der Waals surface area contributed by atoms with Crippen LogP contribution in [-0.2, 0) is 16.2 Å². The van der Waals surface area contributed by atoms with Crippen LogP contribution in [-0.4, -0.2) is 24.6 Å². The SMILES string of the molecule is CCOc1cc(C=NNC(=O)CC(=O)Nc2ccc(Cl)cc2)cc(Br)c1OCc1ccc(Cl)cc1Cl. The van der Waals surface area contributed by atoms with Gasteiger partial charge in [0.25, 0.3) is 0 Å². The van der Waals surface area contributed by atoms with Crippen LogP contribution >= 0.6 is 50.7 Å². The molecule has 0 aliphatic carbocycles. The lowest BCUT2D eigenvalue weighted by Gasteiger charge is -2.15. The number of hydrazone groups is 1. The van der Waals surface area contributed by atoms with Gasteiger partial charge in [-0.25, -0.2) is 5.43 Å². The fourth-order valence-electron chi connectivity index (χ4n) is 2.96. The van der Waals surface area contributed by atoms with Crippen molar-refractivity contribution < 1.29 is 19.1 Å². The number of rotatable bonds is 10. The number of benzene rings is 3. The third kappa shape index (κ3) is 8.41. The molecule has 188 valence electrons. The molecular formula is C25H21BrCl3N3O4. The Hall–Kier alpha value is -2.78. The van der Waals surface area contributed by atoms with E-state index < -0.39 is 18.2 Å². The highest BCUT2D eigenvalue weighted by Gasteiger charge is 2.14. The molecule has 2 N–H and O–H groups in total. The van der Waals surface area contributed by atoms with E-state index in [1.807, 2.05) is 6.92 Å². The topological polar surface area (TPSA) is 89.0 Å². The second-order valence-electron chi connectivity index (χ2n) is 7.31. The standard InChI is InChI=1S/C25H21BrCl3N3O4/c1-2-35-22-10-15(9-20(26)25(22)36-14-16-3-4-18(28)11-21(16)29)13-30-32-24(34)12-23(33)31-19-7-5-17(27)6-8-19/h3-11,13H,2,12,14H2,1H3,(H,31,33)(H,32,34). The van der Waals surface area contributed by atoms with E-state index in [4.69, 9.17) is 44.3 Å². The molecule has 36 heavy (non-hydrogen) atoms. The lowest BCUT2D eigenvalue weighted by molar-refractivity contribution is -0.126. The summed E-state index contributed by atoms with van der Waals surface area (Å²) in [5.41, 5.74) is 4.27. The molecule has 0 atom stereocenters. The normalized spacial score (nSPS) is 10.8. The average Bonchev–Trinajstić information content (AvgIpc) is 2.81. The summed E-state index contributed by atoms with van der Waals surface area (Å²) < 4.78 is 12.3. The van der Waals surface area contributed by atoms with Gasteiger partial charge in [0.15, 0.2) is 11.5 Å². The van der Waals surface area contributed by atoms with Crippen LogP contribution in [0.5, 0.6) is 11.5 Å². The molecule has 7 nitrogen and oxygen atoms in total. The lowest BCUT2D eigenvalue weighted by Crippen LogP contribution is -2.24. The van der Waals surface area contributed by atoms with Gasteiger partial charge in [0.1, 0.15) is 13.0 Å². The maximum atomic E-state index is 12.1. The van der Waals surface area contributed by atoms with E-state index in [2.05, 4.69) is 31.8 Å². The summed E-state index contributed by atoms with van der Waals surface area (Å²) in [6.45, 7) is 2.46. The van der Waals surface area contributed by atoms with Crippen LogP contribution in [0.4, 0.5) is 5.69 Å². The maximum absolute atomic E-state index is 12.1. The minimum atomic E-state index is -0.568. The highest BCUT2D eigenvalue weighted by molar-refractivity contribution is 9.10. The van der Waals surface area contributed by atoms with Gasteiger partial charge in [-0.1, -0.05) is 40.9 Å². The highest BCUT2D eigenvalue weighted by atomic mass is 79.9. The van der Waals surface area contributed by atoms with Gasteiger partial charge >= 0.3 is 0 Å². The van der Waals surface area contributed by atoms with Crippen molar-refractivity contribution in [3.05, 3.63) is 85.3 Å². The fourth-order valence-corrected chi connectivity index (χ4v) is 4.12. The number of nitrogens with one attached hydrogen (secondary N) is 2. The second-order valence-corrected chi connectivity index (χ2v) is 9.45. The van der Waals surface area contributed by atoms with Crippen molar-refractivity contribution >= 4 is 74.4 Å². The number of hydrogen-bond donors (Lipinski definition) is 2. The van der Waals surface area contributed by atoms with Gasteiger partial charge in [0, 0.05) is 26.3 Å². The van der Waals surface area contributed by atoms with Gasteiger partial charge < -0.3 is 14.8 Å². The van der Waals surface area contributed by atoms with E-state index in [1.54, 1.807) is 54.6 Å². The molecule has 3 rings (SSSR count). The van der Waals surface area contributed by atoms with Crippen LogP contribution in [0, 0.1) is 0 Å². The third-order valence-corrected chi connectivity index (χ3v) is 6.00. The summed E-state index contributed by atoms with van der Waals surface area (Å²) in [4.78, 5) is 24.1. The Labute approximate surface area is 231 Å².